The van der Waals surface area contributed by atoms with Crippen molar-refractivity contribution < 1.29 is 24.3 Å². The number of amides is 2. The molecule has 178 valence electrons. The zero-order chi connectivity index (χ0) is 24.4. The first-order valence-corrected chi connectivity index (χ1v) is 11.7. The van der Waals surface area contributed by atoms with E-state index in [0.29, 0.717) is 23.7 Å². The van der Waals surface area contributed by atoms with E-state index in [9.17, 15) is 19.5 Å². The van der Waals surface area contributed by atoms with Crippen LogP contribution in [0, 0.1) is 6.92 Å². The smallest absolute Gasteiger partial charge is 0.352 e. The molecule has 2 aliphatic rings. The van der Waals surface area contributed by atoms with E-state index in [-0.39, 0.29) is 22.2 Å². The molecule has 2 aromatic rings. The number of anilines is 1. The number of aliphatic carboxylic acids is 1. The average molecular weight is 506 g/mol. The molecule has 1 fully saturated rings. The number of hydrogen-bond donors (Lipinski definition) is 3. The number of tetrazole rings is 1. The lowest BCUT2D eigenvalue weighted by Crippen LogP contribution is -2.71. The number of carboxylic acids is 1. The highest BCUT2D eigenvalue weighted by molar-refractivity contribution is 8.00. The average Bonchev–Trinajstić information content (AvgIpc) is 3.42. The van der Waals surface area contributed by atoms with Gasteiger partial charge in [-0.2, -0.15) is 4.80 Å². The molecule has 2 aliphatic heterocycles. The van der Waals surface area contributed by atoms with E-state index in [1.165, 1.54) is 33.9 Å². The molecule has 0 spiro atoms. The molecule has 0 aromatic carbocycles. The minimum atomic E-state index is -1.24. The number of hydrogen-bond acceptors (Lipinski definition) is 12. The van der Waals surface area contributed by atoms with Gasteiger partial charge in [0.25, 0.3) is 11.8 Å². The topological polar surface area (TPSA) is 191 Å². The minimum absolute atomic E-state index is 0.128. The highest BCUT2D eigenvalue weighted by Crippen LogP contribution is 2.40. The van der Waals surface area contributed by atoms with Crippen LogP contribution in [0.3, 0.4) is 0 Å². The van der Waals surface area contributed by atoms with Crippen LogP contribution in [-0.2, 0) is 25.8 Å². The number of carbonyl (C=O) groups excluding carboxylic acids is 2. The Balaban J connectivity index is 1.49. The standard InChI is InChI=1S/C18H19N9O5S2/c1-8-22-25-26(23-8)5-3-4-9-6-33-16-12(15(29)27(16)13(9)17(30)31)21-14(28)11(24-32-2)10-7-34-18(19)20-10/h3-4,7,12,16H,5-6H2,1-2H3,(H2,19,20)(H,21,28)(H,30,31)/b4-3-,24-11?/t12?,16-/m1/s1. The third-order valence-electron chi connectivity index (χ3n) is 4.79. The summed E-state index contributed by atoms with van der Waals surface area (Å²) in [4.78, 5) is 48.9. The Morgan fingerprint density at radius 3 is 2.88 bits per heavy atom. The second-order valence-electron chi connectivity index (χ2n) is 7.03. The van der Waals surface area contributed by atoms with E-state index in [1.807, 2.05) is 0 Å². The molecule has 1 unspecified atom stereocenters. The van der Waals surface area contributed by atoms with Crippen LogP contribution < -0.4 is 11.1 Å². The zero-order valence-corrected chi connectivity index (χ0v) is 19.5. The first kappa shape index (κ1) is 23.4. The number of nitrogens with zero attached hydrogens (tertiary/aromatic N) is 7. The minimum Gasteiger partial charge on any atom is -0.477 e. The van der Waals surface area contributed by atoms with Crippen LogP contribution in [0.5, 0.6) is 0 Å². The fourth-order valence-electron chi connectivity index (χ4n) is 3.36. The maximum atomic E-state index is 12.9. The number of β-lactam (4-membered cyclic amide) rings is 1. The van der Waals surface area contributed by atoms with Gasteiger partial charge in [-0.05, 0) is 17.7 Å². The molecule has 4 rings (SSSR count). The summed E-state index contributed by atoms with van der Waals surface area (Å²) in [6.45, 7) is 2.00. The van der Waals surface area contributed by atoms with Gasteiger partial charge in [-0.15, -0.1) is 33.3 Å². The molecule has 2 amide bonds. The summed E-state index contributed by atoms with van der Waals surface area (Å²) in [5.41, 5.74) is 6.02. The van der Waals surface area contributed by atoms with Crippen LogP contribution in [-0.4, -0.2) is 83.0 Å². The summed E-state index contributed by atoms with van der Waals surface area (Å²) in [5, 5.41) is 28.9. The lowest BCUT2D eigenvalue weighted by molar-refractivity contribution is -0.150. The van der Waals surface area contributed by atoms with Gasteiger partial charge in [-0.3, -0.25) is 14.5 Å². The van der Waals surface area contributed by atoms with Crippen LogP contribution in [0.4, 0.5) is 5.13 Å². The summed E-state index contributed by atoms with van der Waals surface area (Å²) in [6.07, 6.45) is 3.32. The Kier molecular flexibility index (Phi) is 6.60. The van der Waals surface area contributed by atoms with Crippen molar-refractivity contribution in [2.45, 2.75) is 24.9 Å². The van der Waals surface area contributed by atoms with Gasteiger partial charge in [0.2, 0.25) is 0 Å². The number of carboxylic acid groups (broad SMARTS) is 1. The summed E-state index contributed by atoms with van der Waals surface area (Å²) in [7, 11) is 1.27. The molecule has 1 saturated heterocycles. The number of aromatic nitrogens is 5. The quantitative estimate of drug-likeness (QED) is 0.235. The third-order valence-corrected chi connectivity index (χ3v) is 6.77. The number of thioether (sulfide) groups is 1. The number of carbonyl (C=O) groups is 3. The maximum Gasteiger partial charge on any atom is 0.352 e. The molecule has 2 aromatic heterocycles. The van der Waals surface area contributed by atoms with E-state index >= 15 is 0 Å². The number of thiazole rings is 1. The number of nitrogens with one attached hydrogen (secondary N) is 1. The van der Waals surface area contributed by atoms with Crippen LogP contribution in [0.25, 0.3) is 0 Å². The molecule has 0 radical (unpaired) electrons. The van der Waals surface area contributed by atoms with Gasteiger partial charge in [-0.1, -0.05) is 17.3 Å². The number of rotatable bonds is 8. The first-order valence-electron chi connectivity index (χ1n) is 9.75. The molecule has 0 saturated carbocycles. The molecular formula is C18H19N9O5S2. The summed E-state index contributed by atoms with van der Waals surface area (Å²) >= 11 is 2.46. The second-order valence-corrected chi connectivity index (χ2v) is 9.02. The van der Waals surface area contributed by atoms with Crippen molar-refractivity contribution in [3.63, 3.8) is 0 Å². The molecule has 0 aliphatic carbocycles. The first-order chi connectivity index (χ1) is 16.3. The summed E-state index contributed by atoms with van der Waals surface area (Å²) < 4.78 is 0. The lowest BCUT2D eigenvalue weighted by Gasteiger charge is -2.49. The van der Waals surface area contributed by atoms with Gasteiger partial charge in [0.1, 0.15) is 29.9 Å². The molecule has 0 bridgehead atoms. The highest BCUT2D eigenvalue weighted by atomic mass is 32.2. The Bertz CT molecular complexity index is 1230. The van der Waals surface area contributed by atoms with Gasteiger partial charge in [0.15, 0.2) is 16.7 Å². The van der Waals surface area contributed by atoms with Crippen LogP contribution in [0.1, 0.15) is 11.5 Å². The predicted octanol–water partition coefficient (Wildman–Crippen LogP) is -0.634. The van der Waals surface area contributed by atoms with E-state index in [4.69, 9.17) is 10.6 Å². The third kappa shape index (κ3) is 4.49. The number of oxime groups is 1. The zero-order valence-electron chi connectivity index (χ0n) is 17.9. The molecule has 16 heteroatoms. The largest absolute Gasteiger partial charge is 0.477 e. The predicted molar refractivity (Wildman–Crippen MR) is 121 cm³/mol. The number of nitrogens with two attached hydrogens (primary N) is 1. The number of fused-ring (bicyclic) bond motifs is 1. The van der Waals surface area contributed by atoms with Gasteiger partial charge >= 0.3 is 5.97 Å². The maximum absolute atomic E-state index is 12.9. The van der Waals surface area contributed by atoms with E-state index < -0.39 is 29.2 Å². The monoisotopic (exact) mass is 505 g/mol. The molecule has 2 atom stereocenters. The van der Waals surface area contributed by atoms with Crippen molar-refractivity contribution >= 4 is 51.7 Å². The van der Waals surface area contributed by atoms with Crippen molar-refractivity contribution in [3.05, 3.63) is 40.3 Å². The SMILES string of the molecule is CON=C(C(=O)NC1C(=O)N2C(C(=O)O)=C(/C=C\Cn3nnc(C)n3)CS[C@H]12)c1csc(N)n1. The van der Waals surface area contributed by atoms with E-state index in [0.717, 1.165) is 11.3 Å². The number of aryl methyl sites for hydroxylation is 1. The van der Waals surface area contributed by atoms with Gasteiger partial charge in [0.05, 0.1) is 6.54 Å². The molecule has 4 heterocycles. The Morgan fingerprint density at radius 2 is 2.26 bits per heavy atom. The highest BCUT2D eigenvalue weighted by Gasteiger charge is 2.54. The Hall–Kier alpha value is -3.79. The molecule has 34 heavy (non-hydrogen) atoms. The van der Waals surface area contributed by atoms with Gasteiger partial charge in [0, 0.05) is 11.1 Å². The van der Waals surface area contributed by atoms with Crippen molar-refractivity contribution in [2.24, 2.45) is 5.16 Å². The van der Waals surface area contributed by atoms with Crippen molar-refractivity contribution in [1.82, 2.24) is 35.4 Å². The van der Waals surface area contributed by atoms with Gasteiger partial charge in [-0.25, -0.2) is 9.78 Å². The number of allylic oxidation sites excluding steroid dienone is 2. The van der Waals surface area contributed by atoms with Crippen molar-refractivity contribution in [2.75, 3.05) is 18.6 Å². The van der Waals surface area contributed by atoms with Crippen LogP contribution in [0.2, 0.25) is 0 Å². The van der Waals surface area contributed by atoms with Crippen LogP contribution >= 0.6 is 23.1 Å². The summed E-state index contributed by atoms with van der Waals surface area (Å²) in [5.74, 6) is -1.63. The van der Waals surface area contributed by atoms with Gasteiger partial charge < -0.3 is 21.0 Å². The van der Waals surface area contributed by atoms with E-state index in [1.54, 1.807) is 19.1 Å². The van der Waals surface area contributed by atoms with Crippen molar-refractivity contribution in [3.8, 4) is 0 Å². The lowest BCUT2D eigenvalue weighted by atomic mass is 10.0. The normalized spacial score (nSPS) is 20.4. The Labute approximate surface area is 200 Å². The fraction of sp³-hybridized carbons (Fsp3) is 0.333. The molecular weight excluding hydrogens is 486 g/mol. The molecule has 14 nitrogen and oxygen atoms in total. The fourth-order valence-corrected chi connectivity index (χ4v) is 5.23. The summed E-state index contributed by atoms with van der Waals surface area (Å²) in [6, 6.07) is -0.933. The van der Waals surface area contributed by atoms with E-state index in [2.05, 4.69) is 30.9 Å². The Morgan fingerprint density at radius 1 is 1.47 bits per heavy atom. The number of nitrogen functional groups attached to an aromatic ring is 1. The molecule has 4 N–H and O–H groups in total. The van der Waals surface area contributed by atoms with Crippen molar-refractivity contribution in [1.29, 1.82) is 0 Å². The second kappa shape index (κ2) is 9.60. The van der Waals surface area contributed by atoms with Crippen LogP contribution in [0.15, 0.2) is 34.0 Å².